The minimum Gasteiger partial charge on any atom is -0.475 e. The Morgan fingerprint density at radius 2 is 2.00 bits per heavy atom. The second-order valence-corrected chi connectivity index (χ2v) is 3.68. The molecule has 0 aliphatic heterocycles. The monoisotopic (exact) mass is 271 g/mol. The summed E-state index contributed by atoms with van der Waals surface area (Å²) in [5.74, 6) is -1.92. The van der Waals surface area contributed by atoms with Crippen LogP contribution in [0.15, 0.2) is 16.5 Å². The number of hydrogen-bond acceptors (Lipinski definition) is 5. The smallest absolute Gasteiger partial charge is 0.371 e. The fourth-order valence-corrected chi connectivity index (χ4v) is 1.28. The quantitative estimate of drug-likeness (QED) is 0.643. The largest absolute Gasteiger partial charge is 0.475 e. The third kappa shape index (κ3) is 5.54. The number of aromatic carboxylic acids is 1. The molecule has 0 saturated carbocycles. The summed E-state index contributed by atoms with van der Waals surface area (Å²) in [7, 11) is 1.60. The molecule has 0 spiro atoms. The Morgan fingerprint density at radius 1 is 1.26 bits per heavy atom. The SMILES string of the molecule is COCCOCCCNC(=O)c1ccc(C(=O)O)o1. The van der Waals surface area contributed by atoms with E-state index in [1.165, 1.54) is 12.1 Å². The van der Waals surface area contributed by atoms with Crippen molar-refractivity contribution in [3.05, 3.63) is 23.7 Å². The van der Waals surface area contributed by atoms with E-state index in [1.807, 2.05) is 0 Å². The lowest BCUT2D eigenvalue weighted by Gasteiger charge is -2.04. The lowest BCUT2D eigenvalue weighted by atomic mass is 10.4. The Bertz CT molecular complexity index is 414. The van der Waals surface area contributed by atoms with Gasteiger partial charge in [-0.2, -0.15) is 0 Å². The van der Waals surface area contributed by atoms with Crippen molar-refractivity contribution in [3.63, 3.8) is 0 Å². The molecule has 0 unspecified atom stereocenters. The summed E-state index contributed by atoms with van der Waals surface area (Å²) in [4.78, 5) is 22.1. The van der Waals surface area contributed by atoms with Crippen LogP contribution in [0.3, 0.4) is 0 Å². The number of furan rings is 1. The molecule has 0 radical (unpaired) electrons. The van der Waals surface area contributed by atoms with Gasteiger partial charge in [-0.15, -0.1) is 0 Å². The molecule has 0 aliphatic rings. The van der Waals surface area contributed by atoms with Gasteiger partial charge in [0.2, 0.25) is 5.76 Å². The molecule has 0 aliphatic carbocycles. The number of amides is 1. The highest BCUT2D eigenvalue weighted by Gasteiger charge is 2.14. The van der Waals surface area contributed by atoms with Crippen molar-refractivity contribution in [1.29, 1.82) is 0 Å². The maximum absolute atomic E-state index is 11.6. The molecule has 1 heterocycles. The summed E-state index contributed by atoms with van der Waals surface area (Å²) in [6, 6.07) is 2.57. The number of methoxy groups -OCH3 is 1. The Kier molecular flexibility index (Phi) is 6.62. The number of hydrogen-bond donors (Lipinski definition) is 2. The van der Waals surface area contributed by atoms with Gasteiger partial charge >= 0.3 is 5.97 Å². The van der Waals surface area contributed by atoms with Crippen LogP contribution >= 0.6 is 0 Å². The lowest BCUT2D eigenvalue weighted by molar-refractivity contribution is 0.0658. The first-order valence-electron chi connectivity index (χ1n) is 5.83. The molecule has 0 saturated heterocycles. The van der Waals surface area contributed by atoms with Gasteiger partial charge in [0.05, 0.1) is 13.2 Å². The van der Waals surface area contributed by atoms with Gasteiger partial charge < -0.3 is 24.3 Å². The van der Waals surface area contributed by atoms with Crippen LogP contribution < -0.4 is 5.32 Å². The number of carbonyl (C=O) groups is 2. The second kappa shape index (κ2) is 8.28. The lowest BCUT2D eigenvalue weighted by Crippen LogP contribution is -2.25. The summed E-state index contributed by atoms with van der Waals surface area (Å²) in [6.45, 7) is 2.00. The van der Waals surface area contributed by atoms with Crippen molar-refractivity contribution >= 4 is 11.9 Å². The van der Waals surface area contributed by atoms with Crippen LogP contribution in [0.2, 0.25) is 0 Å². The molecule has 1 aromatic rings. The Labute approximate surface area is 110 Å². The molecule has 0 bridgehead atoms. The predicted molar refractivity (Wildman–Crippen MR) is 65.3 cm³/mol. The van der Waals surface area contributed by atoms with Crippen LogP contribution in [-0.4, -0.2) is 50.5 Å². The van der Waals surface area contributed by atoms with Gasteiger partial charge in [-0.05, 0) is 18.6 Å². The van der Waals surface area contributed by atoms with Crippen LogP contribution in [0, 0.1) is 0 Å². The van der Waals surface area contributed by atoms with E-state index in [-0.39, 0.29) is 11.5 Å². The van der Waals surface area contributed by atoms with Crippen LogP contribution in [0.4, 0.5) is 0 Å². The van der Waals surface area contributed by atoms with Gasteiger partial charge in [0, 0.05) is 20.3 Å². The highest BCUT2D eigenvalue weighted by Crippen LogP contribution is 2.07. The molecular weight excluding hydrogens is 254 g/mol. The van der Waals surface area contributed by atoms with E-state index in [0.717, 1.165) is 0 Å². The maximum atomic E-state index is 11.6. The van der Waals surface area contributed by atoms with Crippen LogP contribution in [0.1, 0.15) is 27.5 Å². The van der Waals surface area contributed by atoms with Crippen LogP contribution in [0.5, 0.6) is 0 Å². The minimum absolute atomic E-state index is 0.0160. The molecule has 1 amide bonds. The minimum atomic E-state index is -1.20. The van der Waals surface area contributed by atoms with E-state index in [0.29, 0.717) is 32.8 Å². The zero-order valence-corrected chi connectivity index (χ0v) is 10.7. The molecule has 1 rings (SSSR count). The third-order valence-electron chi connectivity index (χ3n) is 2.22. The van der Waals surface area contributed by atoms with Crippen molar-refractivity contribution < 1.29 is 28.6 Å². The first-order valence-corrected chi connectivity index (χ1v) is 5.83. The number of carboxylic acid groups (broad SMARTS) is 1. The van der Waals surface area contributed by atoms with Crippen LogP contribution in [0.25, 0.3) is 0 Å². The number of carbonyl (C=O) groups excluding carboxylic acids is 1. The van der Waals surface area contributed by atoms with Gasteiger partial charge in [-0.25, -0.2) is 4.79 Å². The predicted octanol–water partition coefficient (Wildman–Crippen LogP) is 0.761. The van der Waals surface area contributed by atoms with Crippen LogP contribution in [-0.2, 0) is 9.47 Å². The fraction of sp³-hybridized carbons (Fsp3) is 0.500. The first kappa shape index (κ1) is 15.2. The maximum Gasteiger partial charge on any atom is 0.371 e. The van der Waals surface area contributed by atoms with E-state index >= 15 is 0 Å². The van der Waals surface area contributed by atoms with Gasteiger partial charge in [-0.3, -0.25) is 4.79 Å². The van der Waals surface area contributed by atoms with Gasteiger partial charge in [0.25, 0.3) is 5.91 Å². The van der Waals surface area contributed by atoms with E-state index < -0.39 is 11.9 Å². The molecule has 0 fully saturated rings. The van der Waals surface area contributed by atoms with Gasteiger partial charge in [0.15, 0.2) is 5.76 Å². The molecule has 2 N–H and O–H groups in total. The zero-order chi connectivity index (χ0) is 14.1. The van der Waals surface area contributed by atoms with Crippen molar-refractivity contribution in [3.8, 4) is 0 Å². The average Bonchev–Trinajstić information content (AvgIpc) is 2.87. The number of carboxylic acids is 1. The molecular formula is C12H17NO6. The normalized spacial score (nSPS) is 10.4. The van der Waals surface area contributed by atoms with E-state index in [4.69, 9.17) is 19.0 Å². The molecule has 0 atom stereocenters. The second-order valence-electron chi connectivity index (χ2n) is 3.68. The Hall–Kier alpha value is -1.86. The number of nitrogens with one attached hydrogen (secondary N) is 1. The van der Waals surface area contributed by atoms with Crippen molar-refractivity contribution in [2.24, 2.45) is 0 Å². The van der Waals surface area contributed by atoms with Gasteiger partial charge in [-0.1, -0.05) is 0 Å². The molecule has 106 valence electrons. The summed E-state index contributed by atoms with van der Waals surface area (Å²) in [6.07, 6.45) is 0.655. The Morgan fingerprint density at radius 3 is 2.63 bits per heavy atom. The van der Waals surface area contributed by atoms with Crippen molar-refractivity contribution in [1.82, 2.24) is 5.32 Å². The molecule has 7 heteroatoms. The fourth-order valence-electron chi connectivity index (χ4n) is 1.28. The Balaban J connectivity index is 2.18. The molecule has 0 aromatic carbocycles. The van der Waals surface area contributed by atoms with E-state index in [9.17, 15) is 9.59 Å². The summed E-state index contributed by atoms with van der Waals surface area (Å²) >= 11 is 0. The van der Waals surface area contributed by atoms with E-state index in [2.05, 4.69) is 5.32 Å². The molecule has 1 aromatic heterocycles. The summed E-state index contributed by atoms with van der Waals surface area (Å²) < 4.78 is 14.9. The van der Waals surface area contributed by atoms with Crippen molar-refractivity contribution in [2.75, 3.05) is 33.5 Å². The van der Waals surface area contributed by atoms with Crippen molar-refractivity contribution in [2.45, 2.75) is 6.42 Å². The standard InChI is InChI=1S/C12H17NO6/c1-17-7-8-18-6-2-5-13-11(14)9-3-4-10(19-9)12(15)16/h3-4H,2,5-8H2,1H3,(H,13,14)(H,15,16). The summed E-state index contributed by atoms with van der Waals surface area (Å²) in [5, 5.41) is 11.2. The highest BCUT2D eigenvalue weighted by molar-refractivity contribution is 5.93. The van der Waals surface area contributed by atoms with E-state index in [1.54, 1.807) is 7.11 Å². The zero-order valence-electron chi connectivity index (χ0n) is 10.7. The topological polar surface area (TPSA) is 98.0 Å². The first-order chi connectivity index (χ1) is 9.15. The van der Waals surface area contributed by atoms with Gasteiger partial charge in [0.1, 0.15) is 0 Å². The molecule has 19 heavy (non-hydrogen) atoms. The number of ether oxygens (including phenoxy) is 2. The number of rotatable bonds is 9. The average molecular weight is 271 g/mol. The highest BCUT2D eigenvalue weighted by atomic mass is 16.5. The molecule has 7 nitrogen and oxygen atoms in total. The summed E-state index contributed by atoms with van der Waals surface area (Å²) in [5.41, 5.74) is 0. The third-order valence-corrected chi connectivity index (χ3v) is 2.22.